The van der Waals surface area contributed by atoms with E-state index in [1.54, 1.807) is 54.6 Å². The maximum absolute atomic E-state index is 12.6. The Morgan fingerprint density at radius 2 is 1.32 bits per heavy atom. The lowest BCUT2D eigenvalue weighted by atomic mass is 10.1. The van der Waals surface area contributed by atoms with Crippen LogP contribution in [-0.2, 0) is 0 Å². The second-order valence-corrected chi connectivity index (χ2v) is 6.43. The second kappa shape index (κ2) is 10.1. The Balaban J connectivity index is 1.76. The lowest BCUT2D eigenvalue weighted by Gasteiger charge is -2.12. The molecular weight excluding hydrogens is 396 g/mol. The van der Waals surface area contributed by atoms with Crippen LogP contribution in [0.1, 0.15) is 26.3 Å². The number of hydrogen-bond acceptors (Lipinski definition) is 6. The smallest absolute Gasteiger partial charge is 0.343 e. The van der Waals surface area contributed by atoms with Gasteiger partial charge in [-0.05, 0) is 42.0 Å². The average Bonchev–Trinajstić information content (AvgIpc) is 2.83. The molecule has 0 saturated heterocycles. The Morgan fingerprint density at radius 3 is 2.00 bits per heavy atom. The van der Waals surface area contributed by atoms with E-state index in [4.69, 9.17) is 18.9 Å². The predicted molar refractivity (Wildman–Crippen MR) is 117 cm³/mol. The van der Waals surface area contributed by atoms with E-state index in [-0.39, 0.29) is 11.5 Å². The molecule has 0 atom stereocenters. The zero-order chi connectivity index (χ0) is 22.2. The number of hydrogen-bond donors (Lipinski definition) is 0. The number of carbonyl (C=O) groups excluding carboxylic acids is 2. The Labute approximate surface area is 180 Å². The van der Waals surface area contributed by atoms with Crippen LogP contribution in [0.2, 0.25) is 0 Å². The fourth-order valence-corrected chi connectivity index (χ4v) is 2.86. The number of esters is 1. The largest absolute Gasteiger partial charge is 0.493 e. The highest BCUT2D eigenvalue weighted by molar-refractivity contribution is 6.06. The van der Waals surface area contributed by atoms with E-state index in [2.05, 4.69) is 0 Å². The quantitative estimate of drug-likeness (QED) is 0.226. The van der Waals surface area contributed by atoms with Crippen LogP contribution in [-0.4, -0.2) is 33.1 Å². The van der Waals surface area contributed by atoms with Gasteiger partial charge in [0.25, 0.3) is 0 Å². The molecule has 31 heavy (non-hydrogen) atoms. The summed E-state index contributed by atoms with van der Waals surface area (Å²) in [5, 5.41) is 0. The van der Waals surface area contributed by atoms with Crippen LogP contribution in [0.25, 0.3) is 6.08 Å². The third kappa shape index (κ3) is 5.30. The van der Waals surface area contributed by atoms with E-state index < -0.39 is 5.97 Å². The summed E-state index contributed by atoms with van der Waals surface area (Å²) in [5.41, 5.74) is 1.63. The Morgan fingerprint density at radius 1 is 0.677 bits per heavy atom. The lowest BCUT2D eigenvalue weighted by molar-refractivity contribution is 0.0729. The molecule has 0 bridgehead atoms. The van der Waals surface area contributed by atoms with Crippen molar-refractivity contribution in [1.29, 1.82) is 0 Å². The fourth-order valence-electron chi connectivity index (χ4n) is 2.86. The molecule has 0 radical (unpaired) electrons. The van der Waals surface area contributed by atoms with Gasteiger partial charge in [-0.25, -0.2) is 4.79 Å². The molecule has 3 rings (SSSR count). The molecule has 0 amide bonds. The average molecular weight is 418 g/mol. The maximum Gasteiger partial charge on any atom is 0.343 e. The minimum absolute atomic E-state index is 0.108. The van der Waals surface area contributed by atoms with Gasteiger partial charge in [-0.15, -0.1) is 0 Å². The third-order valence-corrected chi connectivity index (χ3v) is 4.50. The molecular formula is C25H22O6. The van der Waals surface area contributed by atoms with Crippen LogP contribution >= 0.6 is 0 Å². The van der Waals surface area contributed by atoms with Gasteiger partial charge in [0.15, 0.2) is 28.8 Å². The van der Waals surface area contributed by atoms with Crippen molar-refractivity contribution >= 4 is 17.8 Å². The molecule has 0 heterocycles. The van der Waals surface area contributed by atoms with Crippen molar-refractivity contribution in [2.24, 2.45) is 0 Å². The molecule has 158 valence electrons. The molecule has 0 spiro atoms. The molecule has 6 nitrogen and oxygen atoms in total. The number of ketones is 1. The molecule has 0 aliphatic carbocycles. The molecule has 0 aromatic heterocycles. The highest BCUT2D eigenvalue weighted by Gasteiger charge is 2.15. The van der Waals surface area contributed by atoms with Gasteiger partial charge in [0, 0.05) is 5.56 Å². The monoisotopic (exact) mass is 418 g/mol. The number of rotatable bonds is 8. The van der Waals surface area contributed by atoms with Crippen LogP contribution in [0.3, 0.4) is 0 Å². The first kappa shape index (κ1) is 21.6. The van der Waals surface area contributed by atoms with Crippen LogP contribution in [0.4, 0.5) is 0 Å². The van der Waals surface area contributed by atoms with Gasteiger partial charge < -0.3 is 18.9 Å². The van der Waals surface area contributed by atoms with E-state index in [0.29, 0.717) is 28.4 Å². The molecule has 0 aliphatic rings. The number of allylic oxidation sites excluding steroid dienone is 1. The van der Waals surface area contributed by atoms with Gasteiger partial charge >= 0.3 is 5.97 Å². The van der Waals surface area contributed by atoms with Crippen LogP contribution in [0, 0.1) is 0 Å². The van der Waals surface area contributed by atoms with E-state index in [9.17, 15) is 9.59 Å². The first-order chi connectivity index (χ1) is 15.0. The number of carbonyl (C=O) groups is 2. The van der Waals surface area contributed by atoms with Gasteiger partial charge in [-0.3, -0.25) is 4.79 Å². The SMILES string of the molecule is COc1ccc(C(=O)Oc2ccc(C=CC(=O)c3ccccc3)cc2OC)cc1OC. The van der Waals surface area contributed by atoms with Crippen molar-refractivity contribution in [2.75, 3.05) is 21.3 Å². The summed E-state index contributed by atoms with van der Waals surface area (Å²) in [4.78, 5) is 24.8. The predicted octanol–water partition coefficient (Wildman–Crippen LogP) is 4.83. The van der Waals surface area contributed by atoms with Crippen LogP contribution in [0.5, 0.6) is 23.0 Å². The van der Waals surface area contributed by atoms with Crippen molar-refractivity contribution in [1.82, 2.24) is 0 Å². The normalized spacial score (nSPS) is 10.5. The molecule has 0 unspecified atom stereocenters. The Bertz CT molecular complexity index is 1100. The molecule has 6 heteroatoms. The van der Waals surface area contributed by atoms with Gasteiger partial charge in [0.2, 0.25) is 0 Å². The summed E-state index contributed by atoms with van der Waals surface area (Å²) in [6, 6.07) is 18.8. The minimum Gasteiger partial charge on any atom is -0.493 e. The Kier molecular flexibility index (Phi) is 7.06. The molecule has 3 aromatic carbocycles. The van der Waals surface area contributed by atoms with Crippen molar-refractivity contribution in [3.63, 3.8) is 0 Å². The summed E-state index contributed by atoms with van der Waals surface area (Å²) in [6.45, 7) is 0. The molecule has 0 aliphatic heterocycles. The zero-order valence-corrected chi connectivity index (χ0v) is 17.5. The van der Waals surface area contributed by atoms with E-state index in [1.165, 1.54) is 27.4 Å². The fraction of sp³-hybridized carbons (Fsp3) is 0.120. The van der Waals surface area contributed by atoms with Gasteiger partial charge in [0.1, 0.15) is 0 Å². The number of benzene rings is 3. The van der Waals surface area contributed by atoms with E-state index in [1.807, 2.05) is 18.2 Å². The number of ether oxygens (including phenoxy) is 4. The Hall–Kier alpha value is -4.06. The zero-order valence-electron chi connectivity index (χ0n) is 17.5. The molecule has 0 saturated carbocycles. The van der Waals surface area contributed by atoms with E-state index in [0.717, 1.165) is 5.56 Å². The van der Waals surface area contributed by atoms with E-state index >= 15 is 0 Å². The van der Waals surface area contributed by atoms with Gasteiger partial charge in [-0.2, -0.15) is 0 Å². The summed E-state index contributed by atoms with van der Waals surface area (Å²) in [5.74, 6) is 0.882. The minimum atomic E-state index is -0.568. The third-order valence-electron chi connectivity index (χ3n) is 4.50. The maximum atomic E-state index is 12.6. The highest BCUT2D eigenvalue weighted by Crippen LogP contribution is 2.31. The van der Waals surface area contributed by atoms with Crippen molar-refractivity contribution < 1.29 is 28.5 Å². The first-order valence-corrected chi connectivity index (χ1v) is 9.45. The molecule has 0 N–H and O–H groups in total. The summed E-state index contributed by atoms with van der Waals surface area (Å²) < 4.78 is 21.3. The van der Waals surface area contributed by atoms with Crippen LogP contribution in [0.15, 0.2) is 72.8 Å². The standard InChI is InChI=1S/C25H22O6/c1-28-21-14-11-19(16-24(21)30-3)25(27)31-22-13-10-17(15-23(22)29-2)9-12-20(26)18-7-5-4-6-8-18/h4-16H,1-3H3. The van der Waals surface area contributed by atoms with Gasteiger partial charge in [0.05, 0.1) is 26.9 Å². The first-order valence-electron chi connectivity index (χ1n) is 9.45. The van der Waals surface area contributed by atoms with Crippen molar-refractivity contribution in [3.8, 4) is 23.0 Å². The second-order valence-electron chi connectivity index (χ2n) is 6.43. The van der Waals surface area contributed by atoms with Crippen LogP contribution < -0.4 is 18.9 Å². The topological polar surface area (TPSA) is 71.1 Å². The molecule has 0 fully saturated rings. The van der Waals surface area contributed by atoms with Crippen molar-refractivity contribution in [3.05, 3.63) is 89.5 Å². The lowest BCUT2D eigenvalue weighted by Crippen LogP contribution is -2.09. The summed E-state index contributed by atoms with van der Waals surface area (Å²) in [7, 11) is 4.49. The highest BCUT2D eigenvalue weighted by atomic mass is 16.6. The van der Waals surface area contributed by atoms with Crippen molar-refractivity contribution in [2.45, 2.75) is 0 Å². The van der Waals surface area contributed by atoms with Gasteiger partial charge in [-0.1, -0.05) is 42.5 Å². The number of methoxy groups -OCH3 is 3. The summed E-state index contributed by atoms with van der Waals surface area (Å²) in [6.07, 6.45) is 3.16. The summed E-state index contributed by atoms with van der Waals surface area (Å²) >= 11 is 0. The molecule has 3 aromatic rings.